The summed E-state index contributed by atoms with van der Waals surface area (Å²) in [5.41, 5.74) is 4.07. The predicted octanol–water partition coefficient (Wildman–Crippen LogP) is 18.1. The number of epoxide rings is 1. The number of phenolic OH excluding ortho intramolecular Hbond substituents is 2. The number of hydrogen-bond acceptors (Lipinski definition) is 7. The van der Waals surface area contributed by atoms with Gasteiger partial charge >= 0.3 is 0 Å². The van der Waals surface area contributed by atoms with Crippen LogP contribution < -0.4 is 0 Å². The number of ether oxygens (including phenoxy) is 1. The average molecular weight is 1020 g/mol. The van der Waals surface area contributed by atoms with Crippen molar-refractivity contribution in [3.63, 3.8) is 0 Å². The number of unbranched alkanes of at least 4 members (excludes halogenated alkanes) is 20. The van der Waals surface area contributed by atoms with Crippen molar-refractivity contribution in [3.8, 4) is 11.5 Å². The molecule has 2 aromatic carbocycles. The summed E-state index contributed by atoms with van der Waals surface area (Å²) in [5, 5.41) is 39.9. The highest BCUT2D eigenvalue weighted by Crippen LogP contribution is 2.41. The molecule has 0 saturated carbocycles. The van der Waals surface area contributed by atoms with E-state index < -0.39 is 6.10 Å². The fourth-order valence-electron chi connectivity index (χ4n) is 9.46. The molecule has 416 valence electrons. The van der Waals surface area contributed by atoms with Gasteiger partial charge in [-0.15, -0.1) is 0 Å². The highest BCUT2D eigenvalue weighted by molar-refractivity contribution is 5.97. The predicted molar refractivity (Wildman–Crippen MR) is 310 cm³/mol. The van der Waals surface area contributed by atoms with E-state index in [-0.39, 0.29) is 39.8 Å². The van der Waals surface area contributed by atoms with Gasteiger partial charge in [0.25, 0.3) is 0 Å². The van der Waals surface area contributed by atoms with Gasteiger partial charge in [-0.25, -0.2) is 0 Å². The zero-order valence-electron chi connectivity index (χ0n) is 49.0. The number of aliphatic hydroxyl groups is 2. The molecule has 2 unspecified atom stereocenters. The number of Topliss-reactive ketones (excluding diaryl/α,β-unsaturated/α-hetero) is 2. The molecule has 1 aliphatic heterocycles. The summed E-state index contributed by atoms with van der Waals surface area (Å²) >= 11 is 0. The van der Waals surface area contributed by atoms with E-state index in [1.165, 1.54) is 109 Å². The van der Waals surface area contributed by atoms with E-state index in [4.69, 9.17) is 9.84 Å². The number of hydrogen-bond donors (Lipinski definition) is 4. The zero-order valence-corrected chi connectivity index (χ0v) is 49.0. The van der Waals surface area contributed by atoms with Crippen molar-refractivity contribution >= 4 is 11.6 Å². The molecule has 1 saturated heterocycles. The van der Waals surface area contributed by atoms with Crippen molar-refractivity contribution < 1.29 is 34.8 Å². The Hall–Kier alpha value is -3.26. The molecule has 0 amide bonds. The normalized spacial score (nSPS) is 14.7. The van der Waals surface area contributed by atoms with Crippen LogP contribution in [0.4, 0.5) is 0 Å². The van der Waals surface area contributed by atoms with E-state index in [0.29, 0.717) is 36.9 Å². The molecule has 0 aliphatic carbocycles. The Morgan fingerprint density at radius 3 is 1.04 bits per heavy atom. The molecule has 0 bridgehead atoms. The van der Waals surface area contributed by atoms with Gasteiger partial charge in [-0.3, -0.25) is 9.59 Å². The molecule has 4 N–H and O–H groups in total. The summed E-state index contributed by atoms with van der Waals surface area (Å²) < 4.78 is 5.25. The Labute approximate surface area is 447 Å². The second kappa shape index (κ2) is 34.4. The Kier molecular flexibility index (Phi) is 31.0. The van der Waals surface area contributed by atoms with Crippen LogP contribution in [-0.2, 0) is 26.4 Å². The fraction of sp³-hybridized carbons (Fsp3) is 0.727. The van der Waals surface area contributed by atoms with Gasteiger partial charge in [0.05, 0.1) is 25.4 Å². The molecule has 1 aliphatic rings. The maximum atomic E-state index is 13.0. The molecule has 1 heterocycles. The third kappa shape index (κ3) is 28.5. The van der Waals surface area contributed by atoms with Crippen LogP contribution in [0.2, 0.25) is 0 Å². The lowest BCUT2D eigenvalue weighted by molar-refractivity contribution is 0.0860. The molecule has 7 heteroatoms. The van der Waals surface area contributed by atoms with Crippen molar-refractivity contribution in [2.75, 3.05) is 13.2 Å². The first-order chi connectivity index (χ1) is 34.4. The molecular formula is C66H110O7. The summed E-state index contributed by atoms with van der Waals surface area (Å²) in [6.07, 6.45) is 41.1. The highest BCUT2D eigenvalue weighted by atomic mass is 16.6. The van der Waals surface area contributed by atoms with Crippen molar-refractivity contribution in [2.45, 2.75) is 297 Å². The topological polar surface area (TPSA) is 128 Å². The second-order valence-electron chi connectivity index (χ2n) is 25.7. The van der Waals surface area contributed by atoms with Crippen LogP contribution in [-0.4, -0.2) is 57.4 Å². The largest absolute Gasteiger partial charge is 0.507 e. The van der Waals surface area contributed by atoms with Crippen LogP contribution in [0.25, 0.3) is 0 Å². The van der Waals surface area contributed by atoms with E-state index in [9.17, 15) is 24.9 Å². The van der Waals surface area contributed by atoms with E-state index in [0.717, 1.165) is 91.4 Å². The molecular weight excluding hydrogens is 905 g/mol. The van der Waals surface area contributed by atoms with Crippen molar-refractivity contribution in [1.29, 1.82) is 0 Å². The van der Waals surface area contributed by atoms with Gasteiger partial charge in [-0.1, -0.05) is 197 Å². The van der Waals surface area contributed by atoms with Gasteiger partial charge in [0, 0.05) is 46.2 Å². The number of allylic oxidation sites excluding steroid dienone is 4. The fourth-order valence-corrected chi connectivity index (χ4v) is 9.46. The molecule has 2 atom stereocenters. The van der Waals surface area contributed by atoms with Gasteiger partial charge in [0.15, 0.2) is 11.6 Å². The van der Waals surface area contributed by atoms with Crippen molar-refractivity contribution in [2.24, 2.45) is 0 Å². The van der Waals surface area contributed by atoms with Crippen LogP contribution in [0.15, 0.2) is 48.6 Å². The number of phenols is 2. The molecule has 7 nitrogen and oxygen atoms in total. The molecule has 73 heavy (non-hydrogen) atoms. The van der Waals surface area contributed by atoms with Crippen LogP contribution in [0, 0.1) is 0 Å². The molecule has 2 aromatic rings. The molecule has 0 spiro atoms. The number of carbonyl (C=O) groups is 2. The Morgan fingerprint density at radius 1 is 0.479 bits per heavy atom. The van der Waals surface area contributed by atoms with Crippen LogP contribution in [0.3, 0.4) is 0 Å². The minimum atomic E-state index is -0.545. The lowest BCUT2D eigenvalue weighted by Crippen LogP contribution is -2.19. The summed E-state index contributed by atoms with van der Waals surface area (Å²) in [6.45, 7) is 25.9. The maximum absolute atomic E-state index is 13.0. The van der Waals surface area contributed by atoms with E-state index >= 15 is 0 Å². The highest BCUT2D eigenvalue weighted by Gasteiger charge is 2.29. The van der Waals surface area contributed by atoms with Gasteiger partial charge in [0.2, 0.25) is 0 Å². The average Bonchev–Trinajstić information content (AvgIpc) is 4.14. The Morgan fingerprint density at radius 2 is 0.753 bits per heavy atom. The molecule has 0 aromatic heterocycles. The SMILES string of the molecule is CC(C)(C)c1cc(C(=O)CCCCCCCC/C=C/CCCCCCC(O)CO)cc(C(C)(C)C)c1O.CC(C)(C)c1cc(C(=O)CCCCCCCC/C=C/CCCCCCC2CO2)cc(C(C)(C)C)c1O. The number of ketones is 2. The number of carbonyl (C=O) groups excluding carboxylic acids is 2. The third-order valence-electron chi connectivity index (χ3n) is 14.4. The lowest BCUT2D eigenvalue weighted by Gasteiger charge is -2.28. The Bertz CT molecular complexity index is 1840. The van der Waals surface area contributed by atoms with Crippen LogP contribution >= 0.6 is 0 Å². The number of aliphatic hydroxyl groups excluding tert-OH is 2. The first kappa shape index (κ1) is 65.9. The minimum absolute atomic E-state index is 0.124. The van der Waals surface area contributed by atoms with Gasteiger partial charge in [-0.2, -0.15) is 0 Å². The molecule has 0 radical (unpaired) electrons. The van der Waals surface area contributed by atoms with Crippen LogP contribution in [0.5, 0.6) is 11.5 Å². The first-order valence-corrected chi connectivity index (χ1v) is 29.4. The minimum Gasteiger partial charge on any atom is -0.507 e. The summed E-state index contributed by atoms with van der Waals surface area (Å²) in [7, 11) is 0. The smallest absolute Gasteiger partial charge is 0.162 e. The molecule has 3 rings (SSSR count). The summed E-state index contributed by atoms with van der Waals surface area (Å²) in [4.78, 5) is 26.0. The number of aromatic hydroxyl groups is 2. The zero-order chi connectivity index (χ0) is 54.5. The third-order valence-corrected chi connectivity index (χ3v) is 14.4. The summed E-state index contributed by atoms with van der Waals surface area (Å²) in [6, 6.07) is 7.66. The first-order valence-electron chi connectivity index (χ1n) is 29.4. The standard InChI is InChI=1S/C33H56O4.C33H54O3/c1-32(2,3)28-23-26(24-29(31(28)37)33(4,5)6)30(36)22-20-18-16-14-12-10-8-7-9-11-13-15-17-19-21-27(35)25-34;1-32(2,3)28-23-26(24-29(31(28)35)33(4,5)6)30(34)22-20-18-16-14-12-10-8-7-9-11-13-15-17-19-21-27-25-36-27/h7,9,23-24,27,34-35,37H,8,10-22,25H2,1-6H3;7,9,23-24,27,35H,8,10-22,25H2,1-6H3/b2*9-7+. The van der Waals surface area contributed by atoms with E-state index in [2.05, 4.69) is 107 Å². The molecule has 1 fully saturated rings. The van der Waals surface area contributed by atoms with Gasteiger partial charge in [0.1, 0.15) is 11.5 Å². The van der Waals surface area contributed by atoms with Crippen molar-refractivity contribution in [3.05, 3.63) is 82.0 Å². The second-order valence-corrected chi connectivity index (χ2v) is 25.7. The van der Waals surface area contributed by atoms with Crippen LogP contribution in [0.1, 0.15) is 306 Å². The van der Waals surface area contributed by atoms with E-state index in [1.807, 2.05) is 24.3 Å². The quantitative estimate of drug-likeness (QED) is 0.0234. The van der Waals surface area contributed by atoms with Gasteiger partial charge < -0.3 is 25.2 Å². The summed E-state index contributed by atoms with van der Waals surface area (Å²) in [5.74, 6) is 1.06. The van der Waals surface area contributed by atoms with Gasteiger partial charge in [-0.05, 0) is 123 Å². The maximum Gasteiger partial charge on any atom is 0.162 e. The monoisotopic (exact) mass is 1010 g/mol. The number of rotatable bonds is 35. The number of benzene rings is 2. The van der Waals surface area contributed by atoms with Crippen molar-refractivity contribution in [1.82, 2.24) is 0 Å². The Balaban J connectivity index is 0.000000500. The lowest BCUT2D eigenvalue weighted by atomic mass is 9.78. The van der Waals surface area contributed by atoms with E-state index in [1.54, 1.807) is 0 Å².